The number of hydrogen-bond acceptors (Lipinski definition) is 3. The molecule has 2 rings (SSSR count). The highest BCUT2D eigenvalue weighted by atomic mass is 15.4. The Morgan fingerprint density at radius 1 is 1.33 bits per heavy atom. The summed E-state index contributed by atoms with van der Waals surface area (Å²) in [7, 11) is 0. The number of rotatable bonds is 4. The minimum Gasteiger partial charge on any atom is -0.322 e. The standard InChI is InChI=1S/C14H26N4/c1-4-11-5-7-12(8-6-11)18-9-13(16-17-18)14(15)10(2)3/h9-12,14H,4-8,15H2,1-3H3. The second-order valence-electron chi connectivity index (χ2n) is 5.98. The van der Waals surface area contributed by atoms with Gasteiger partial charge in [0.1, 0.15) is 0 Å². The summed E-state index contributed by atoms with van der Waals surface area (Å²) < 4.78 is 2.05. The summed E-state index contributed by atoms with van der Waals surface area (Å²) in [6.07, 6.45) is 8.49. The molecule has 4 nitrogen and oxygen atoms in total. The Labute approximate surface area is 110 Å². The van der Waals surface area contributed by atoms with E-state index in [2.05, 4.69) is 37.3 Å². The monoisotopic (exact) mass is 250 g/mol. The normalized spacial score (nSPS) is 26.5. The molecular formula is C14H26N4. The predicted molar refractivity (Wildman–Crippen MR) is 73.1 cm³/mol. The molecule has 1 atom stereocenters. The molecule has 1 heterocycles. The van der Waals surface area contributed by atoms with Crippen LogP contribution in [0.4, 0.5) is 0 Å². The van der Waals surface area contributed by atoms with Gasteiger partial charge in [0.25, 0.3) is 0 Å². The highest BCUT2D eigenvalue weighted by Gasteiger charge is 2.23. The molecule has 0 saturated heterocycles. The van der Waals surface area contributed by atoms with Crippen molar-refractivity contribution in [3.05, 3.63) is 11.9 Å². The van der Waals surface area contributed by atoms with Crippen molar-refractivity contribution in [2.45, 2.75) is 65.0 Å². The maximum atomic E-state index is 6.11. The summed E-state index contributed by atoms with van der Waals surface area (Å²) in [6, 6.07) is 0.541. The fourth-order valence-electron chi connectivity index (χ4n) is 2.78. The van der Waals surface area contributed by atoms with Gasteiger partial charge in [-0.2, -0.15) is 0 Å². The molecule has 1 fully saturated rings. The van der Waals surface area contributed by atoms with Crippen molar-refractivity contribution < 1.29 is 0 Å². The molecule has 4 heteroatoms. The third-order valence-electron chi connectivity index (χ3n) is 4.36. The van der Waals surface area contributed by atoms with Crippen LogP contribution in [0, 0.1) is 11.8 Å². The second-order valence-corrected chi connectivity index (χ2v) is 5.98. The Morgan fingerprint density at radius 2 is 2.00 bits per heavy atom. The van der Waals surface area contributed by atoms with Crippen molar-refractivity contribution >= 4 is 0 Å². The lowest BCUT2D eigenvalue weighted by Crippen LogP contribution is -2.19. The summed E-state index contributed by atoms with van der Waals surface area (Å²) in [5.74, 6) is 1.33. The molecule has 1 unspecified atom stereocenters. The maximum Gasteiger partial charge on any atom is 0.0996 e. The molecule has 1 aromatic rings. The van der Waals surface area contributed by atoms with Gasteiger partial charge in [-0.3, -0.25) is 0 Å². The van der Waals surface area contributed by atoms with Crippen LogP contribution in [0.2, 0.25) is 0 Å². The van der Waals surface area contributed by atoms with E-state index in [4.69, 9.17) is 5.73 Å². The first-order valence-electron chi connectivity index (χ1n) is 7.29. The molecule has 102 valence electrons. The van der Waals surface area contributed by atoms with Crippen LogP contribution in [0.5, 0.6) is 0 Å². The first kappa shape index (κ1) is 13.5. The van der Waals surface area contributed by atoms with Crippen molar-refractivity contribution in [1.82, 2.24) is 15.0 Å². The summed E-state index contributed by atoms with van der Waals surface area (Å²) in [5.41, 5.74) is 7.04. The largest absolute Gasteiger partial charge is 0.322 e. The van der Waals surface area contributed by atoms with Crippen molar-refractivity contribution in [3.63, 3.8) is 0 Å². The fourth-order valence-corrected chi connectivity index (χ4v) is 2.78. The van der Waals surface area contributed by atoms with Crippen LogP contribution in [0.3, 0.4) is 0 Å². The SMILES string of the molecule is CCC1CCC(n2cc(C(N)C(C)C)nn2)CC1. The average molecular weight is 250 g/mol. The van der Waals surface area contributed by atoms with Crippen LogP contribution >= 0.6 is 0 Å². The van der Waals surface area contributed by atoms with Crippen molar-refractivity contribution in [2.75, 3.05) is 0 Å². The Balaban J connectivity index is 1.98. The van der Waals surface area contributed by atoms with Crippen molar-refractivity contribution in [2.24, 2.45) is 17.6 Å². The lowest BCUT2D eigenvalue weighted by molar-refractivity contribution is 0.253. The van der Waals surface area contributed by atoms with Gasteiger partial charge in [0, 0.05) is 0 Å². The molecular weight excluding hydrogens is 224 g/mol. The molecule has 1 aliphatic rings. The van der Waals surface area contributed by atoms with Gasteiger partial charge in [0.05, 0.1) is 24.0 Å². The van der Waals surface area contributed by atoms with Gasteiger partial charge in [-0.25, -0.2) is 4.68 Å². The molecule has 0 spiro atoms. The first-order valence-corrected chi connectivity index (χ1v) is 7.29. The van der Waals surface area contributed by atoms with Gasteiger partial charge in [-0.05, 0) is 37.5 Å². The summed E-state index contributed by atoms with van der Waals surface area (Å²) in [5, 5.41) is 8.52. The van der Waals surface area contributed by atoms with E-state index in [0.717, 1.165) is 11.6 Å². The van der Waals surface area contributed by atoms with Gasteiger partial charge in [-0.1, -0.05) is 32.4 Å². The number of aromatic nitrogens is 3. The van der Waals surface area contributed by atoms with Gasteiger partial charge < -0.3 is 5.73 Å². The number of hydrogen-bond donors (Lipinski definition) is 1. The molecule has 1 aromatic heterocycles. The van der Waals surface area contributed by atoms with E-state index in [1.807, 2.05) is 4.68 Å². The minimum absolute atomic E-state index is 0.00531. The van der Waals surface area contributed by atoms with Gasteiger partial charge >= 0.3 is 0 Å². The zero-order chi connectivity index (χ0) is 13.1. The molecule has 0 radical (unpaired) electrons. The maximum absolute atomic E-state index is 6.11. The molecule has 0 bridgehead atoms. The van der Waals surface area contributed by atoms with Gasteiger partial charge in [0.2, 0.25) is 0 Å². The van der Waals surface area contributed by atoms with Crippen LogP contribution in [0.25, 0.3) is 0 Å². The van der Waals surface area contributed by atoms with Gasteiger partial charge in [-0.15, -0.1) is 5.10 Å². The predicted octanol–water partition coefficient (Wildman–Crippen LogP) is 3.08. The average Bonchev–Trinajstić information content (AvgIpc) is 2.87. The van der Waals surface area contributed by atoms with E-state index < -0.39 is 0 Å². The Hall–Kier alpha value is -0.900. The van der Waals surface area contributed by atoms with Crippen LogP contribution in [0.1, 0.15) is 70.7 Å². The Bertz CT molecular complexity index is 364. The Morgan fingerprint density at radius 3 is 2.56 bits per heavy atom. The molecule has 0 amide bonds. The lowest BCUT2D eigenvalue weighted by Gasteiger charge is -2.27. The Kier molecular flexibility index (Phi) is 4.38. The van der Waals surface area contributed by atoms with E-state index in [-0.39, 0.29) is 6.04 Å². The third kappa shape index (κ3) is 2.91. The zero-order valence-corrected chi connectivity index (χ0v) is 11.8. The van der Waals surface area contributed by atoms with Crippen LogP contribution in [-0.4, -0.2) is 15.0 Å². The van der Waals surface area contributed by atoms with Crippen molar-refractivity contribution in [1.29, 1.82) is 0 Å². The summed E-state index contributed by atoms with van der Waals surface area (Å²) >= 11 is 0. The fraction of sp³-hybridized carbons (Fsp3) is 0.857. The quantitative estimate of drug-likeness (QED) is 0.893. The molecule has 0 aromatic carbocycles. The number of nitrogens with two attached hydrogens (primary N) is 1. The number of nitrogens with zero attached hydrogens (tertiary/aromatic N) is 3. The molecule has 2 N–H and O–H groups in total. The van der Waals surface area contributed by atoms with E-state index in [0.29, 0.717) is 12.0 Å². The van der Waals surface area contributed by atoms with Crippen molar-refractivity contribution in [3.8, 4) is 0 Å². The highest BCUT2D eigenvalue weighted by Crippen LogP contribution is 2.33. The second kappa shape index (κ2) is 5.83. The van der Waals surface area contributed by atoms with E-state index >= 15 is 0 Å². The molecule has 0 aliphatic heterocycles. The summed E-state index contributed by atoms with van der Waals surface area (Å²) in [6.45, 7) is 6.53. The van der Waals surface area contributed by atoms with E-state index in [1.165, 1.54) is 32.1 Å². The van der Waals surface area contributed by atoms with E-state index in [1.54, 1.807) is 0 Å². The van der Waals surface area contributed by atoms with Gasteiger partial charge in [0.15, 0.2) is 0 Å². The molecule has 1 saturated carbocycles. The highest BCUT2D eigenvalue weighted by molar-refractivity contribution is 5.01. The van der Waals surface area contributed by atoms with Crippen LogP contribution < -0.4 is 5.73 Å². The van der Waals surface area contributed by atoms with Crippen LogP contribution in [0.15, 0.2) is 6.20 Å². The molecule has 1 aliphatic carbocycles. The zero-order valence-electron chi connectivity index (χ0n) is 11.8. The van der Waals surface area contributed by atoms with Crippen LogP contribution in [-0.2, 0) is 0 Å². The summed E-state index contributed by atoms with van der Waals surface area (Å²) in [4.78, 5) is 0. The lowest BCUT2D eigenvalue weighted by atomic mass is 9.84. The van der Waals surface area contributed by atoms with E-state index in [9.17, 15) is 0 Å². The topological polar surface area (TPSA) is 56.7 Å². The molecule has 18 heavy (non-hydrogen) atoms. The minimum atomic E-state index is 0.00531. The smallest absolute Gasteiger partial charge is 0.0996 e. The third-order valence-corrected chi connectivity index (χ3v) is 4.36. The first-order chi connectivity index (χ1) is 8.61.